The van der Waals surface area contributed by atoms with Crippen molar-refractivity contribution < 1.29 is 22.4 Å². The van der Waals surface area contributed by atoms with E-state index in [0.29, 0.717) is 48.9 Å². The first-order valence-electron chi connectivity index (χ1n) is 9.96. The average Bonchev–Trinajstić information content (AvgIpc) is 3.44. The second-order valence-electron chi connectivity index (χ2n) is 8.56. The molecular formula is C19H17F4N5O2. The Hall–Kier alpha value is -2.72. The van der Waals surface area contributed by atoms with E-state index in [-0.39, 0.29) is 11.5 Å². The molecule has 2 unspecified atom stereocenters. The van der Waals surface area contributed by atoms with Crippen LogP contribution in [0.1, 0.15) is 36.0 Å². The van der Waals surface area contributed by atoms with Crippen LogP contribution in [-0.2, 0) is 23.9 Å². The summed E-state index contributed by atoms with van der Waals surface area (Å²) in [6.45, 7) is 0.283. The molecule has 5 heterocycles. The molecule has 3 atom stereocenters. The molecule has 30 heavy (non-hydrogen) atoms. The zero-order valence-electron chi connectivity index (χ0n) is 15.6. The van der Waals surface area contributed by atoms with Crippen LogP contribution in [0.15, 0.2) is 17.1 Å². The summed E-state index contributed by atoms with van der Waals surface area (Å²) >= 11 is 0. The molecule has 7 rings (SSSR count). The van der Waals surface area contributed by atoms with Gasteiger partial charge in [0.1, 0.15) is 11.9 Å². The van der Waals surface area contributed by atoms with Gasteiger partial charge in [-0.1, -0.05) is 0 Å². The maximum atomic E-state index is 14.3. The van der Waals surface area contributed by atoms with Crippen LogP contribution < -0.4 is 5.69 Å². The third-order valence-corrected chi connectivity index (χ3v) is 6.96. The van der Waals surface area contributed by atoms with E-state index in [9.17, 15) is 27.2 Å². The van der Waals surface area contributed by atoms with E-state index in [0.717, 1.165) is 23.5 Å². The van der Waals surface area contributed by atoms with Crippen molar-refractivity contribution in [2.24, 2.45) is 17.8 Å². The highest BCUT2D eigenvalue weighted by molar-refractivity contribution is 5.83. The predicted octanol–water partition coefficient (Wildman–Crippen LogP) is 1.61. The number of carbonyl (C=O) groups excluding carboxylic acids is 1. The number of rotatable bonds is 3. The number of hydrogen-bond donors (Lipinski definition) is 0. The van der Waals surface area contributed by atoms with Crippen molar-refractivity contribution in [3.8, 4) is 0 Å². The number of nitrogens with zero attached hydrogens (tertiary/aromatic N) is 5. The molecule has 3 aliphatic heterocycles. The molecule has 2 aromatic rings. The molecule has 158 valence electrons. The summed E-state index contributed by atoms with van der Waals surface area (Å²) < 4.78 is 55.4. The lowest BCUT2D eigenvalue weighted by molar-refractivity contribution is -0.143. The van der Waals surface area contributed by atoms with Gasteiger partial charge in [-0.15, -0.1) is 0 Å². The smallest absolute Gasteiger partial charge is 0.337 e. The Morgan fingerprint density at radius 2 is 2.03 bits per heavy atom. The van der Waals surface area contributed by atoms with Crippen LogP contribution >= 0.6 is 0 Å². The molecule has 2 bridgehead atoms. The summed E-state index contributed by atoms with van der Waals surface area (Å²) in [6.07, 6.45) is -2.40. The van der Waals surface area contributed by atoms with E-state index in [4.69, 9.17) is 0 Å². The summed E-state index contributed by atoms with van der Waals surface area (Å²) in [6, 6.07) is 0.769. The Balaban J connectivity index is 1.32. The first-order valence-corrected chi connectivity index (χ1v) is 9.96. The number of piperidine rings is 1. The summed E-state index contributed by atoms with van der Waals surface area (Å²) in [7, 11) is 0. The van der Waals surface area contributed by atoms with Gasteiger partial charge >= 0.3 is 11.9 Å². The Morgan fingerprint density at radius 3 is 2.70 bits per heavy atom. The fraction of sp³-hybridized carbons (Fsp3) is 0.579. The minimum Gasteiger partial charge on any atom is -0.337 e. The van der Waals surface area contributed by atoms with Crippen LogP contribution in [0.25, 0.3) is 0 Å². The summed E-state index contributed by atoms with van der Waals surface area (Å²) in [5.74, 6) is 0.732. The molecule has 11 heteroatoms. The van der Waals surface area contributed by atoms with Gasteiger partial charge in [0.25, 0.3) is 0 Å². The quantitative estimate of drug-likeness (QED) is 0.704. The van der Waals surface area contributed by atoms with E-state index in [1.807, 2.05) is 4.90 Å². The number of amides is 1. The second-order valence-corrected chi connectivity index (χ2v) is 8.56. The number of carbonyl (C=O) groups is 1. The minimum absolute atomic E-state index is 0.0791. The zero-order chi connectivity index (χ0) is 20.9. The zero-order valence-corrected chi connectivity index (χ0v) is 15.6. The molecular weight excluding hydrogens is 406 g/mol. The third kappa shape index (κ3) is 2.37. The van der Waals surface area contributed by atoms with Gasteiger partial charge in [0.15, 0.2) is 11.5 Å². The van der Waals surface area contributed by atoms with Crippen LogP contribution in [-0.4, -0.2) is 42.7 Å². The third-order valence-electron chi connectivity index (χ3n) is 6.96. The van der Waals surface area contributed by atoms with E-state index < -0.39 is 36.0 Å². The normalized spacial score (nSPS) is 30.8. The number of pyridine rings is 1. The Labute approximate surface area is 167 Å². The molecule has 2 saturated heterocycles. The topological polar surface area (TPSA) is 73.0 Å². The van der Waals surface area contributed by atoms with Crippen molar-refractivity contribution in [1.82, 2.24) is 24.2 Å². The van der Waals surface area contributed by atoms with Crippen LogP contribution in [0, 0.1) is 23.6 Å². The number of aromatic nitrogens is 4. The molecule has 0 aromatic carbocycles. The molecule has 1 amide bonds. The highest BCUT2D eigenvalue weighted by Crippen LogP contribution is 2.75. The molecule has 4 fully saturated rings. The van der Waals surface area contributed by atoms with E-state index in [1.165, 1.54) is 4.57 Å². The fourth-order valence-electron chi connectivity index (χ4n) is 5.40. The summed E-state index contributed by atoms with van der Waals surface area (Å²) in [4.78, 5) is 31.0. The van der Waals surface area contributed by atoms with Crippen molar-refractivity contribution in [2.75, 3.05) is 6.54 Å². The molecule has 2 saturated carbocycles. The molecule has 0 radical (unpaired) electrons. The maximum Gasteiger partial charge on any atom is 0.436 e. The van der Waals surface area contributed by atoms with Gasteiger partial charge in [0.05, 0.1) is 6.54 Å². The van der Waals surface area contributed by atoms with Crippen LogP contribution in [0.3, 0.4) is 0 Å². The van der Waals surface area contributed by atoms with Gasteiger partial charge in [0.2, 0.25) is 5.91 Å². The van der Waals surface area contributed by atoms with Gasteiger partial charge < -0.3 is 4.90 Å². The lowest BCUT2D eigenvalue weighted by Crippen LogP contribution is -2.42. The molecule has 5 aliphatic rings. The first kappa shape index (κ1) is 18.1. The lowest BCUT2D eigenvalue weighted by Gasteiger charge is -2.27. The van der Waals surface area contributed by atoms with Crippen molar-refractivity contribution in [3.05, 3.63) is 45.6 Å². The Bertz CT molecular complexity index is 1120. The largest absolute Gasteiger partial charge is 0.436 e. The number of halogens is 4. The number of hydrogen-bond acceptors (Lipinski definition) is 4. The second kappa shape index (κ2) is 5.70. The van der Waals surface area contributed by atoms with Crippen molar-refractivity contribution >= 4 is 5.91 Å². The van der Waals surface area contributed by atoms with Crippen LogP contribution in [0.4, 0.5) is 17.6 Å². The fourth-order valence-corrected chi connectivity index (χ4v) is 5.40. The SMILES string of the molecule is O=C([C@@H]1CCCc2nn(Cc3ccnc(C(F)(F)F)c3F)c(=O)n21)N1CC2C3C2C31. The van der Waals surface area contributed by atoms with Crippen LogP contribution in [0.2, 0.25) is 0 Å². The number of alkyl halides is 3. The van der Waals surface area contributed by atoms with Crippen molar-refractivity contribution in [1.29, 1.82) is 0 Å². The monoisotopic (exact) mass is 423 g/mol. The first-order chi connectivity index (χ1) is 14.3. The Kier molecular flexibility index (Phi) is 3.44. The van der Waals surface area contributed by atoms with Gasteiger partial charge in [-0.3, -0.25) is 9.36 Å². The lowest BCUT2D eigenvalue weighted by atomic mass is 10.0. The highest BCUT2D eigenvalue weighted by Gasteiger charge is 2.81. The molecule has 2 aliphatic carbocycles. The predicted molar refractivity (Wildman–Crippen MR) is 92.7 cm³/mol. The summed E-state index contributed by atoms with van der Waals surface area (Å²) in [5, 5.41) is 4.20. The average molecular weight is 423 g/mol. The van der Waals surface area contributed by atoms with Gasteiger partial charge in [-0.25, -0.2) is 18.9 Å². The molecule has 0 spiro atoms. The molecule has 7 nitrogen and oxygen atoms in total. The Morgan fingerprint density at radius 1 is 1.27 bits per heavy atom. The number of aryl methyl sites for hydroxylation is 1. The van der Waals surface area contributed by atoms with Gasteiger partial charge in [-0.2, -0.15) is 18.3 Å². The van der Waals surface area contributed by atoms with Crippen molar-refractivity contribution in [2.45, 2.75) is 44.1 Å². The van der Waals surface area contributed by atoms with E-state index in [2.05, 4.69) is 10.1 Å². The minimum atomic E-state index is -4.94. The molecule has 0 N–H and O–H groups in total. The standard InChI is InChI=1S/C19H17F4N5O2/c20-14-8(4-5-24-16(14)19(21,22)23)6-27-18(30)28-10(2-1-3-11(28)25-27)17(29)26-7-9-12-13(9)15(12)26/h4-5,9-10,12-13,15H,1-3,6-7H2/t9?,10-,12?,13?,15?/m0/s1. The van der Waals surface area contributed by atoms with Crippen molar-refractivity contribution in [3.63, 3.8) is 0 Å². The van der Waals surface area contributed by atoms with Gasteiger partial charge in [-0.05, 0) is 36.7 Å². The van der Waals surface area contributed by atoms with Gasteiger partial charge in [0, 0.05) is 30.8 Å². The number of fused-ring (bicyclic) bond motifs is 2. The molecule has 2 aromatic heterocycles. The van der Waals surface area contributed by atoms with E-state index in [1.54, 1.807) is 0 Å². The van der Waals surface area contributed by atoms with Crippen LogP contribution in [0.5, 0.6) is 0 Å². The summed E-state index contributed by atoms with van der Waals surface area (Å²) in [5.41, 5.74) is -2.56. The maximum absolute atomic E-state index is 14.3. The highest BCUT2D eigenvalue weighted by atomic mass is 19.4. The van der Waals surface area contributed by atoms with E-state index >= 15 is 0 Å².